The summed E-state index contributed by atoms with van der Waals surface area (Å²) in [5.41, 5.74) is 11.5. The predicted molar refractivity (Wildman–Crippen MR) is 216 cm³/mol. The number of nitrogens with zero attached hydrogens (tertiary/aromatic N) is 4. The molecule has 54 heavy (non-hydrogen) atoms. The monoisotopic (exact) mass is 694 g/mol. The number of imide groups is 1. The minimum absolute atomic E-state index is 0.352. The van der Waals surface area contributed by atoms with E-state index in [4.69, 9.17) is 0 Å². The average Bonchev–Trinajstić information content (AvgIpc) is 3.71. The van der Waals surface area contributed by atoms with E-state index >= 15 is 4.79 Å². The summed E-state index contributed by atoms with van der Waals surface area (Å²) in [6, 6.07) is 52.3. The molecule has 0 radical (unpaired) electrons. The zero-order chi connectivity index (χ0) is 36.2. The lowest BCUT2D eigenvalue weighted by molar-refractivity contribution is 0.0926. The number of pyridine rings is 2. The number of anilines is 1. The second-order valence-electron chi connectivity index (χ2n) is 13.4. The number of hydrogen-bond donors (Lipinski definition) is 0. The maximum Gasteiger partial charge on any atom is 0.268 e. The van der Waals surface area contributed by atoms with Crippen molar-refractivity contribution < 1.29 is 9.59 Å². The Kier molecular flexibility index (Phi) is 7.34. The summed E-state index contributed by atoms with van der Waals surface area (Å²) in [6.45, 7) is 0. The number of benzene rings is 6. The SMILES string of the molecule is O=C1c2cccc(-n3c4cc(-c5ccncc5)ccc4c4ccc(-c5ccncc5)cc43)c2C(=O)N1c1cc(-c2ccccc2)ccc1-c1ccccc1. The van der Waals surface area contributed by atoms with E-state index in [2.05, 4.69) is 50.9 Å². The molecule has 2 amide bonds. The molecule has 6 aromatic carbocycles. The molecular formula is C48H30N4O2. The topological polar surface area (TPSA) is 68.1 Å². The van der Waals surface area contributed by atoms with Crippen LogP contribution in [0.3, 0.4) is 0 Å². The molecule has 6 heteroatoms. The Morgan fingerprint density at radius 2 is 0.889 bits per heavy atom. The molecule has 0 spiro atoms. The molecule has 0 saturated heterocycles. The van der Waals surface area contributed by atoms with Crippen LogP contribution in [0.5, 0.6) is 0 Å². The Morgan fingerprint density at radius 3 is 1.48 bits per heavy atom. The molecule has 0 N–H and O–H groups in total. The normalized spacial score (nSPS) is 12.5. The third-order valence-electron chi connectivity index (χ3n) is 10.4. The van der Waals surface area contributed by atoms with E-state index in [0.717, 1.165) is 66.3 Å². The molecule has 10 rings (SSSR count). The maximum absolute atomic E-state index is 15.1. The maximum atomic E-state index is 15.1. The first-order chi connectivity index (χ1) is 26.6. The quantitative estimate of drug-likeness (QED) is 0.163. The van der Waals surface area contributed by atoms with Crippen molar-refractivity contribution in [3.05, 3.63) is 194 Å². The van der Waals surface area contributed by atoms with Gasteiger partial charge >= 0.3 is 0 Å². The minimum Gasteiger partial charge on any atom is -0.308 e. The van der Waals surface area contributed by atoms with Crippen molar-refractivity contribution in [3.63, 3.8) is 0 Å². The van der Waals surface area contributed by atoms with Crippen LogP contribution in [-0.2, 0) is 0 Å². The van der Waals surface area contributed by atoms with Crippen molar-refractivity contribution in [3.8, 4) is 50.2 Å². The van der Waals surface area contributed by atoms with Crippen LogP contribution < -0.4 is 4.90 Å². The highest BCUT2D eigenvalue weighted by Gasteiger charge is 2.40. The fourth-order valence-electron chi connectivity index (χ4n) is 7.79. The van der Waals surface area contributed by atoms with Gasteiger partial charge in [-0.15, -0.1) is 0 Å². The van der Waals surface area contributed by atoms with Gasteiger partial charge in [-0.2, -0.15) is 0 Å². The molecule has 254 valence electrons. The third-order valence-corrected chi connectivity index (χ3v) is 10.4. The zero-order valence-electron chi connectivity index (χ0n) is 28.9. The lowest BCUT2D eigenvalue weighted by Crippen LogP contribution is -2.30. The average molecular weight is 695 g/mol. The second kappa shape index (κ2) is 12.7. The molecule has 3 aromatic heterocycles. The number of hydrogen-bond acceptors (Lipinski definition) is 4. The molecule has 4 heterocycles. The van der Waals surface area contributed by atoms with Gasteiger partial charge in [-0.05, 0) is 93.5 Å². The number of amides is 2. The van der Waals surface area contributed by atoms with E-state index in [0.29, 0.717) is 22.5 Å². The Morgan fingerprint density at radius 1 is 0.370 bits per heavy atom. The van der Waals surface area contributed by atoms with Gasteiger partial charge < -0.3 is 4.57 Å². The number of carbonyl (C=O) groups is 2. The van der Waals surface area contributed by atoms with Gasteiger partial charge in [0, 0.05) is 41.1 Å². The molecule has 0 bridgehead atoms. The van der Waals surface area contributed by atoms with Crippen molar-refractivity contribution in [1.29, 1.82) is 0 Å². The summed E-state index contributed by atoms with van der Waals surface area (Å²) in [5, 5.41) is 2.08. The van der Waals surface area contributed by atoms with Crippen molar-refractivity contribution in [2.75, 3.05) is 4.90 Å². The molecule has 0 aliphatic carbocycles. The molecule has 9 aromatic rings. The van der Waals surface area contributed by atoms with Crippen LogP contribution in [0.4, 0.5) is 5.69 Å². The van der Waals surface area contributed by atoms with E-state index < -0.39 is 0 Å². The van der Waals surface area contributed by atoms with E-state index in [1.165, 1.54) is 4.90 Å². The first kappa shape index (κ1) is 31.3. The molecule has 0 unspecified atom stereocenters. The van der Waals surface area contributed by atoms with Gasteiger partial charge in [0.1, 0.15) is 0 Å². The lowest BCUT2D eigenvalue weighted by atomic mass is 9.97. The summed E-state index contributed by atoms with van der Waals surface area (Å²) >= 11 is 0. The first-order valence-electron chi connectivity index (χ1n) is 17.8. The van der Waals surface area contributed by atoms with Crippen molar-refractivity contribution in [1.82, 2.24) is 14.5 Å². The summed E-state index contributed by atoms with van der Waals surface area (Å²) in [4.78, 5) is 39.5. The second-order valence-corrected chi connectivity index (χ2v) is 13.4. The lowest BCUT2D eigenvalue weighted by Gasteiger charge is -2.20. The first-order valence-corrected chi connectivity index (χ1v) is 17.8. The molecule has 6 nitrogen and oxygen atoms in total. The van der Waals surface area contributed by atoms with Crippen LogP contribution in [-0.4, -0.2) is 26.3 Å². The van der Waals surface area contributed by atoms with Crippen LogP contribution in [0.15, 0.2) is 183 Å². The van der Waals surface area contributed by atoms with E-state index in [9.17, 15) is 4.79 Å². The molecule has 0 saturated carbocycles. The predicted octanol–water partition coefficient (Wildman–Crippen LogP) is 11.0. The Labute approximate surface area is 311 Å². The number of aromatic nitrogens is 3. The van der Waals surface area contributed by atoms with Crippen LogP contribution >= 0.6 is 0 Å². The summed E-state index contributed by atoms with van der Waals surface area (Å²) in [7, 11) is 0. The molecule has 1 aliphatic heterocycles. The highest BCUT2D eigenvalue weighted by Crippen LogP contribution is 2.43. The largest absolute Gasteiger partial charge is 0.308 e. The van der Waals surface area contributed by atoms with Crippen LogP contribution in [0.2, 0.25) is 0 Å². The minimum atomic E-state index is -0.362. The fourth-order valence-corrected chi connectivity index (χ4v) is 7.79. The molecular weight excluding hydrogens is 665 g/mol. The third kappa shape index (κ3) is 5.04. The van der Waals surface area contributed by atoms with E-state index in [-0.39, 0.29) is 11.8 Å². The summed E-state index contributed by atoms with van der Waals surface area (Å²) in [6.07, 6.45) is 7.15. The van der Waals surface area contributed by atoms with Crippen molar-refractivity contribution in [2.24, 2.45) is 0 Å². The van der Waals surface area contributed by atoms with Gasteiger partial charge in [0.25, 0.3) is 11.8 Å². The van der Waals surface area contributed by atoms with Crippen molar-refractivity contribution >= 4 is 39.3 Å². The zero-order valence-corrected chi connectivity index (χ0v) is 28.9. The Balaban J connectivity index is 1.21. The number of rotatable bonds is 6. The van der Waals surface area contributed by atoms with Crippen LogP contribution in [0.1, 0.15) is 20.7 Å². The highest BCUT2D eigenvalue weighted by atomic mass is 16.2. The van der Waals surface area contributed by atoms with Gasteiger partial charge in [0.15, 0.2) is 0 Å². The standard InChI is InChI=1S/C48H30N4O2/c53-47-41-12-7-13-42(46(41)48(54)52(47)43-28-35(31-8-3-1-4-9-31)14-17-38(43)34-10-5-2-6-11-34)51-44-29-36(32-20-24-49-25-21-32)15-18-39(44)40-19-16-37(30-45(40)51)33-22-26-50-27-23-33/h1-30H. The van der Waals surface area contributed by atoms with Crippen molar-refractivity contribution in [2.45, 2.75) is 0 Å². The van der Waals surface area contributed by atoms with Gasteiger partial charge in [-0.25, -0.2) is 4.90 Å². The molecule has 0 fully saturated rings. The summed E-state index contributed by atoms with van der Waals surface area (Å²) in [5.74, 6) is -0.714. The molecule has 1 aliphatic rings. The smallest absolute Gasteiger partial charge is 0.268 e. The Bertz CT molecular complexity index is 2810. The fraction of sp³-hybridized carbons (Fsp3) is 0. The number of fused-ring (bicyclic) bond motifs is 4. The highest BCUT2D eigenvalue weighted by molar-refractivity contribution is 6.36. The number of carbonyl (C=O) groups excluding carboxylic acids is 2. The van der Waals surface area contributed by atoms with Gasteiger partial charge in [-0.3, -0.25) is 19.6 Å². The van der Waals surface area contributed by atoms with E-state index in [1.54, 1.807) is 30.9 Å². The van der Waals surface area contributed by atoms with Crippen LogP contribution in [0.25, 0.3) is 72.0 Å². The molecule has 0 atom stereocenters. The van der Waals surface area contributed by atoms with E-state index in [1.807, 2.05) is 115 Å². The van der Waals surface area contributed by atoms with Crippen LogP contribution in [0, 0.1) is 0 Å². The summed E-state index contributed by atoms with van der Waals surface area (Å²) < 4.78 is 2.14. The van der Waals surface area contributed by atoms with Gasteiger partial charge in [0.2, 0.25) is 0 Å². The Hall–Kier alpha value is -7.44. The van der Waals surface area contributed by atoms with Gasteiger partial charge in [-0.1, -0.05) is 103 Å². The van der Waals surface area contributed by atoms with Gasteiger partial charge in [0.05, 0.1) is 33.5 Å².